The molecule has 0 spiro atoms. The molecular weight excluding hydrogens is 729 g/mol. The zero-order valence-electron chi connectivity index (χ0n) is 41.4. The normalized spacial score (nSPS) is 12.9. The average molecular weight is 836 g/mol. The maximum atomic E-state index is 14.1. The highest BCUT2D eigenvalue weighted by Crippen LogP contribution is 2.28. The molecule has 0 aliphatic heterocycles. The first-order chi connectivity index (χ1) is 28.7. The Morgan fingerprint density at radius 3 is 1.34 bits per heavy atom. The SMILES string of the molecule is CCCCCCCCCCON(C(=O)CCCC[N+](C)(C)C)C(CCCCCCCOC(=O)CCCCCCCCC)CCC(CCCCCC)CCCCCCCC. The van der Waals surface area contributed by atoms with Crippen LogP contribution in [0.15, 0.2) is 0 Å². The Hall–Kier alpha value is -1.14. The van der Waals surface area contributed by atoms with E-state index in [1.54, 1.807) is 0 Å². The largest absolute Gasteiger partial charge is 0.466 e. The summed E-state index contributed by atoms with van der Waals surface area (Å²) in [6, 6.07) is 0.158. The highest BCUT2D eigenvalue weighted by atomic mass is 16.7. The first-order valence-corrected chi connectivity index (χ1v) is 26.6. The van der Waals surface area contributed by atoms with Gasteiger partial charge in [0.25, 0.3) is 0 Å². The second-order valence-electron chi connectivity index (χ2n) is 19.6. The molecule has 0 N–H and O–H groups in total. The first kappa shape index (κ1) is 57.9. The van der Waals surface area contributed by atoms with Gasteiger partial charge < -0.3 is 9.22 Å². The van der Waals surface area contributed by atoms with Gasteiger partial charge in [-0.1, -0.05) is 214 Å². The van der Waals surface area contributed by atoms with Crippen molar-refractivity contribution in [2.45, 2.75) is 284 Å². The Kier molecular flexibility index (Phi) is 42.7. The molecule has 1 amide bonds. The van der Waals surface area contributed by atoms with Crippen LogP contribution in [0, 0.1) is 5.92 Å². The van der Waals surface area contributed by atoms with Crippen LogP contribution >= 0.6 is 0 Å². The van der Waals surface area contributed by atoms with Crippen molar-refractivity contribution >= 4 is 11.9 Å². The summed E-state index contributed by atoms with van der Waals surface area (Å²) in [4.78, 5) is 33.0. The molecule has 0 heterocycles. The monoisotopic (exact) mass is 836 g/mol. The molecule has 0 aliphatic carbocycles. The van der Waals surface area contributed by atoms with E-state index in [1.807, 2.05) is 5.06 Å². The lowest BCUT2D eigenvalue weighted by atomic mass is 9.88. The second kappa shape index (κ2) is 43.5. The minimum atomic E-state index is -0.0178. The van der Waals surface area contributed by atoms with Gasteiger partial charge in [0.2, 0.25) is 5.91 Å². The third-order valence-electron chi connectivity index (χ3n) is 12.5. The van der Waals surface area contributed by atoms with Crippen LogP contribution in [0.5, 0.6) is 0 Å². The quantitative estimate of drug-likeness (QED) is 0.0265. The van der Waals surface area contributed by atoms with E-state index in [9.17, 15) is 9.59 Å². The number of unbranched alkanes of at least 4 members (excludes halogenated alkanes) is 26. The van der Waals surface area contributed by atoms with Crippen molar-refractivity contribution in [3.05, 3.63) is 0 Å². The van der Waals surface area contributed by atoms with Crippen LogP contribution in [0.3, 0.4) is 0 Å². The summed E-state index contributed by atoms with van der Waals surface area (Å²) in [7, 11) is 6.72. The number of esters is 1. The van der Waals surface area contributed by atoms with Gasteiger partial charge in [0.1, 0.15) is 0 Å². The van der Waals surface area contributed by atoms with E-state index in [2.05, 4.69) is 48.8 Å². The maximum absolute atomic E-state index is 14.1. The predicted octanol–water partition coefficient (Wildman–Crippen LogP) is 16.3. The molecule has 59 heavy (non-hydrogen) atoms. The summed E-state index contributed by atoms with van der Waals surface area (Å²) in [5.74, 6) is 0.948. The Labute approximate surface area is 370 Å². The topological polar surface area (TPSA) is 55.8 Å². The van der Waals surface area contributed by atoms with Crippen LogP contribution in [0.4, 0.5) is 0 Å². The van der Waals surface area contributed by atoms with Crippen molar-refractivity contribution in [1.29, 1.82) is 0 Å². The summed E-state index contributed by atoms with van der Waals surface area (Å²) in [6.45, 7) is 11.5. The Morgan fingerprint density at radius 2 is 0.831 bits per heavy atom. The number of hydroxylamine groups is 2. The summed E-state index contributed by atoms with van der Waals surface area (Å²) in [5.41, 5.74) is 0. The van der Waals surface area contributed by atoms with E-state index in [-0.39, 0.29) is 17.9 Å². The van der Waals surface area contributed by atoms with Gasteiger partial charge in [0, 0.05) is 12.8 Å². The maximum Gasteiger partial charge on any atom is 0.305 e. The minimum absolute atomic E-state index is 0.0178. The molecule has 0 aliphatic rings. The first-order valence-electron chi connectivity index (χ1n) is 26.6. The molecule has 6 heteroatoms. The molecule has 0 aromatic rings. The van der Waals surface area contributed by atoms with Gasteiger partial charge in [0.05, 0.1) is 46.9 Å². The number of ether oxygens (including phenoxy) is 1. The van der Waals surface area contributed by atoms with Crippen LogP contribution in [-0.2, 0) is 19.2 Å². The van der Waals surface area contributed by atoms with Gasteiger partial charge in [-0.25, -0.2) is 5.06 Å². The minimum Gasteiger partial charge on any atom is -0.466 e. The van der Waals surface area contributed by atoms with Crippen molar-refractivity contribution in [3.8, 4) is 0 Å². The summed E-state index contributed by atoms with van der Waals surface area (Å²) in [6.07, 6.45) is 46.8. The van der Waals surface area contributed by atoms with Gasteiger partial charge in [0.15, 0.2) is 0 Å². The fourth-order valence-corrected chi connectivity index (χ4v) is 8.56. The van der Waals surface area contributed by atoms with Crippen molar-refractivity contribution in [3.63, 3.8) is 0 Å². The van der Waals surface area contributed by atoms with E-state index in [0.29, 0.717) is 26.1 Å². The molecule has 0 saturated carbocycles. The standard InChI is InChI=1S/C53H107N2O4/c1-8-12-16-20-23-25-31-39-49-59-54(52(56)43-36-37-47-55(5,6)7)51(46-45-50(40-32-19-15-11-4)41-33-27-22-18-14-10-3)42-34-28-26-30-38-48-58-53(57)44-35-29-24-21-17-13-9-2/h50-51H,8-49H2,1-7H3/q+1. The molecule has 0 aromatic carbocycles. The van der Waals surface area contributed by atoms with Gasteiger partial charge in [-0.2, -0.15) is 0 Å². The van der Waals surface area contributed by atoms with Gasteiger partial charge in [-0.3, -0.25) is 14.4 Å². The molecule has 0 rings (SSSR count). The van der Waals surface area contributed by atoms with E-state index in [4.69, 9.17) is 9.57 Å². The number of hydrogen-bond donors (Lipinski definition) is 0. The second-order valence-corrected chi connectivity index (χ2v) is 19.6. The average Bonchev–Trinajstić information content (AvgIpc) is 3.21. The lowest BCUT2D eigenvalue weighted by Crippen LogP contribution is -2.41. The molecule has 2 atom stereocenters. The fourth-order valence-electron chi connectivity index (χ4n) is 8.56. The summed E-state index contributed by atoms with van der Waals surface area (Å²) in [5, 5.41) is 1.93. The van der Waals surface area contributed by atoms with E-state index in [1.165, 1.54) is 161 Å². The van der Waals surface area contributed by atoms with Gasteiger partial charge in [-0.15, -0.1) is 0 Å². The highest BCUT2D eigenvalue weighted by molar-refractivity contribution is 5.75. The summed E-state index contributed by atoms with van der Waals surface area (Å²) >= 11 is 0. The van der Waals surface area contributed by atoms with Crippen molar-refractivity contribution in [2.75, 3.05) is 40.9 Å². The third-order valence-corrected chi connectivity index (χ3v) is 12.5. The lowest BCUT2D eigenvalue weighted by Gasteiger charge is -2.32. The van der Waals surface area contributed by atoms with Crippen LogP contribution < -0.4 is 0 Å². The fraction of sp³-hybridized carbons (Fsp3) is 0.962. The Morgan fingerprint density at radius 1 is 0.424 bits per heavy atom. The molecule has 0 bridgehead atoms. The number of quaternary nitrogens is 1. The van der Waals surface area contributed by atoms with E-state index < -0.39 is 0 Å². The number of carbonyl (C=O) groups is 2. The molecule has 0 radical (unpaired) electrons. The zero-order valence-corrected chi connectivity index (χ0v) is 41.4. The van der Waals surface area contributed by atoms with Crippen LogP contribution in [0.2, 0.25) is 0 Å². The predicted molar refractivity (Wildman–Crippen MR) is 257 cm³/mol. The molecule has 6 nitrogen and oxygen atoms in total. The van der Waals surface area contributed by atoms with Crippen molar-refractivity contribution < 1.29 is 23.6 Å². The van der Waals surface area contributed by atoms with E-state index in [0.717, 1.165) is 94.0 Å². The lowest BCUT2D eigenvalue weighted by molar-refractivity contribution is -0.870. The number of carbonyl (C=O) groups excluding carboxylic acids is 2. The van der Waals surface area contributed by atoms with Crippen LogP contribution in [0.1, 0.15) is 278 Å². The molecule has 0 fully saturated rings. The third kappa shape index (κ3) is 40.7. The molecule has 0 aromatic heterocycles. The molecule has 0 saturated heterocycles. The van der Waals surface area contributed by atoms with Crippen molar-refractivity contribution in [1.82, 2.24) is 5.06 Å². The van der Waals surface area contributed by atoms with Crippen LogP contribution in [0.25, 0.3) is 0 Å². The Bertz CT molecular complexity index is 889. The molecule has 2 unspecified atom stereocenters. The van der Waals surface area contributed by atoms with E-state index >= 15 is 0 Å². The summed E-state index contributed by atoms with van der Waals surface area (Å²) < 4.78 is 6.52. The van der Waals surface area contributed by atoms with Gasteiger partial charge in [-0.05, 0) is 57.3 Å². The van der Waals surface area contributed by atoms with Crippen LogP contribution in [-0.4, -0.2) is 68.4 Å². The zero-order chi connectivity index (χ0) is 43.5. The molecular formula is C53H107N2O4+. The molecule has 352 valence electrons. The number of hydrogen-bond acceptors (Lipinski definition) is 4. The number of amides is 1. The number of nitrogens with zero attached hydrogens (tertiary/aromatic N) is 2. The van der Waals surface area contributed by atoms with Crippen molar-refractivity contribution in [2.24, 2.45) is 5.92 Å². The smallest absolute Gasteiger partial charge is 0.305 e. The van der Waals surface area contributed by atoms with Gasteiger partial charge >= 0.3 is 5.97 Å². The number of rotatable bonds is 47. The Balaban J connectivity index is 5.43. The highest BCUT2D eigenvalue weighted by Gasteiger charge is 2.26.